The maximum atomic E-state index is 4.68. The van der Waals surface area contributed by atoms with Crippen molar-refractivity contribution in [3.63, 3.8) is 0 Å². The molecule has 4 heteroatoms. The van der Waals surface area contributed by atoms with Gasteiger partial charge in [0.1, 0.15) is 0 Å². The van der Waals surface area contributed by atoms with Crippen LogP contribution < -0.4 is 9.80 Å². The van der Waals surface area contributed by atoms with Gasteiger partial charge in [-0.3, -0.25) is 0 Å². The van der Waals surface area contributed by atoms with E-state index in [0.29, 0.717) is 0 Å². The summed E-state index contributed by atoms with van der Waals surface area (Å²) < 4.78 is 0. The van der Waals surface area contributed by atoms with E-state index in [1.807, 2.05) is 0 Å². The fraction of sp³-hybridized carbons (Fsp3) is 0. The Balaban J connectivity index is 1.24. The van der Waals surface area contributed by atoms with Gasteiger partial charge in [-0.15, -0.1) is 10.2 Å². The Morgan fingerprint density at radius 1 is 0.292 bits per heavy atom. The molecule has 0 saturated heterocycles. The van der Waals surface area contributed by atoms with E-state index in [4.69, 9.17) is 0 Å². The van der Waals surface area contributed by atoms with Gasteiger partial charge in [-0.05, 0) is 106 Å². The van der Waals surface area contributed by atoms with Crippen molar-refractivity contribution in [2.24, 2.45) is 0 Å². The van der Waals surface area contributed by atoms with E-state index >= 15 is 0 Å². The number of nitrogens with zero attached hydrogens (tertiary/aromatic N) is 4. The highest BCUT2D eigenvalue weighted by Gasteiger charge is 2.17. The van der Waals surface area contributed by atoms with Gasteiger partial charge in [-0.1, -0.05) is 97.1 Å². The van der Waals surface area contributed by atoms with Crippen molar-refractivity contribution < 1.29 is 0 Å². The Kier molecular flexibility index (Phi) is 6.76. The first-order valence-electron chi connectivity index (χ1n) is 16.2. The predicted octanol–water partition coefficient (Wildman–Crippen LogP) is 12.0. The second kappa shape index (κ2) is 11.7. The summed E-state index contributed by atoms with van der Waals surface area (Å²) in [7, 11) is 0. The molecule has 48 heavy (non-hydrogen) atoms. The number of para-hydroxylation sites is 4. The molecular formula is C44H30N4. The zero-order valence-electron chi connectivity index (χ0n) is 26.1. The molecule has 0 amide bonds. The zero-order valence-corrected chi connectivity index (χ0v) is 26.1. The molecule has 0 aliphatic heterocycles. The third-order valence-corrected chi connectivity index (χ3v) is 9.05. The van der Waals surface area contributed by atoms with E-state index in [2.05, 4.69) is 202 Å². The minimum Gasteiger partial charge on any atom is -0.310 e. The number of hydrogen-bond acceptors (Lipinski definition) is 4. The third kappa shape index (κ3) is 4.79. The second-order valence-electron chi connectivity index (χ2n) is 11.9. The molecule has 1 heterocycles. The van der Waals surface area contributed by atoms with Crippen molar-refractivity contribution in [3.05, 3.63) is 182 Å². The Bertz CT molecular complexity index is 2290. The van der Waals surface area contributed by atoms with Crippen molar-refractivity contribution in [2.75, 3.05) is 9.80 Å². The molecule has 0 aliphatic carbocycles. The smallest absolute Gasteiger partial charge is 0.0942 e. The van der Waals surface area contributed by atoms with Crippen molar-refractivity contribution in [1.29, 1.82) is 0 Å². The summed E-state index contributed by atoms with van der Waals surface area (Å²) >= 11 is 0. The molecule has 226 valence electrons. The molecular weight excluding hydrogens is 585 g/mol. The number of rotatable bonds is 6. The van der Waals surface area contributed by atoms with E-state index < -0.39 is 0 Å². The van der Waals surface area contributed by atoms with Gasteiger partial charge in [0.15, 0.2) is 0 Å². The van der Waals surface area contributed by atoms with Gasteiger partial charge < -0.3 is 9.80 Å². The lowest BCUT2D eigenvalue weighted by atomic mass is 9.96. The van der Waals surface area contributed by atoms with Crippen LogP contribution in [0.4, 0.5) is 34.1 Å². The molecule has 0 N–H and O–H groups in total. The lowest BCUT2D eigenvalue weighted by Crippen LogP contribution is -2.09. The topological polar surface area (TPSA) is 32.3 Å². The van der Waals surface area contributed by atoms with Crippen molar-refractivity contribution in [1.82, 2.24) is 10.2 Å². The molecule has 0 spiro atoms. The summed E-state index contributed by atoms with van der Waals surface area (Å²) in [6.07, 6.45) is 0. The van der Waals surface area contributed by atoms with Crippen molar-refractivity contribution in [2.45, 2.75) is 0 Å². The monoisotopic (exact) mass is 614 g/mol. The van der Waals surface area contributed by atoms with Gasteiger partial charge in [0, 0.05) is 44.9 Å². The zero-order chi connectivity index (χ0) is 31.9. The SMILES string of the molecule is c1ccc(N(c2ccccc2)c2ccc3c(ccc4nnc5ccc6cc(N(c7ccccc7)c7ccccc7)ccc6c5c43)c2)cc1. The quantitative estimate of drug-likeness (QED) is 0.174. The van der Waals surface area contributed by atoms with Gasteiger partial charge in [0.05, 0.1) is 11.0 Å². The normalized spacial score (nSPS) is 11.3. The molecule has 0 saturated carbocycles. The first kappa shape index (κ1) is 27.8. The lowest BCUT2D eigenvalue weighted by Gasteiger charge is -2.26. The summed E-state index contributed by atoms with van der Waals surface area (Å²) in [6, 6.07) is 64.1. The van der Waals surface area contributed by atoms with Gasteiger partial charge in [-0.25, -0.2) is 0 Å². The highest BCUT2D eigenvalue weighted by molar-refractivity contribution is 6.26. The minimum atomic E-state index is 0.887. The Morgan fingerprint density at radius 2 is 0.625 bits per heavy atom. The molecule has 8 aromatic carbocycles. The number of fused-ring (bicyclic) bond motifs is 7. The van der Waals surface area contributed by atoms with Gasteiger partial charge >= 0.3 is 0 Å². The first-order valence-corrected chi connectivity index (χ1v) is 16.2. The minimum absolute atomic E-state index is 0.887. The molecule has 0 radical (unpaired) electrons. The molecule has 1 aromatic heterocycles. The van der Waals surface area contributed by atoms with E-state index in [1.54, 1.807) is 0 Å². The van der Waals surface area contributed by atoms with Gasteiger partial charge in [-0.2, -0.15) is 0 Å². The summed E-state index contributed by atoms with van der Waals surface area (Å²) in [6.45, 7) is 0. The second-order valence-corrected chi connectivity index (χ2v) is 11.9. The molecule has 9 rings (SSSR count). The summed E-state index contributed by atoms with van der Waals surface area (Å²) in [5.41, 5.74) is 8.42. The average molecular weight is 615 g/mol. The fourth-order valence-corrected chi connectivity index (χ4v) is 6.89. The molecule has 0 bridgehead atoms. The Hall–Kier alpha value is -6.52. The van der Waals surface area contributed by atoms with E-state index in [1.165, 1.54) is 0 Å². The molecule has 4 nitrogen and oxygen atoms in total. The highest BCUT2D eigenvalue weighted by Crippen LogP contribution is 2.41. The fourth-order valence-electron chi connectivity index (χ4n) is 6.89. The Labute approximate surface area is 278 Å². The van der Waals surface area contributed by atoms with Crippen LogP contribution in [0, 0.1) is 0 Å². The van der Waals surface area contributed by atoms with E-state index in [0.717, 1.165) is 77.5 Å². The van der Waals surface area contributed by atoms with Gasteiger partial charge in [0.2, 0.25) is 0 Å². The molecule has 9 aromatic rings. The highest BCUT2D eigenvalue weighted by atomic mass is 15.1. The predicted molar refractivity (Wildman–Crippen MR) is 201 cm³/mol. The van der Waals surface area contributed by atoms with Crippen LogP contribution in [0.3, 0.4) is 0 Å². The number of anilines is 6. The molecule has 0 fully saturated rings. The Morgan fingerprint density at radius 3 is 0.958 bits per heavy atom. The van der Waals surface area contributed by atoms with Crippen LogP contribution in [-0.4, -0.2) is 10.2 Å². The largest absolute Gasteiger partial charge is 0.310 e. The maximum Gasteiger partial charge on any atom is 0.0942 e. The summed E-state index contributed by atoms with van der Waals surface area (Å²) in [5, 5.41) is 16.2. The molecule has 0 unspecified atom stereocenters. The average Bonchev–Trinajstić information content (AvgIpc) is 3.16. The van der Waals surface area contributed by atoms with E-state index in [-0.39, 0.29) is 0 Å². The van der Waals surface area contributed by atoms with Crippen LogP contribution in [0.5, 0.6) is 0 Å². The number of hydrogen-bond donors (Lipinski definition) is 0. The van der Waals surface area contributed by atoms with Crippen LogP contribution in [-0.2, 0) is 0 Å². The van der Waals surface area contributed by atoms with Crippen LogP contribution >= 0.6 is 0 Å². The summed E-state index contributed by atoms with van der Waals surface area (Å²) in [4.78, 5) is 4.60. The summed E-state index contributed by atoms with van der Waals surface area (Å²) in [5.74, 6) is 0. The number of benzene rings is 8. The lowest BCUT2D eigenvalue weighted by molar-refractivity contribution is 1.12. The van der Waals surface area contributed by atoms with Crippen LogP contribution in [0.15, 0.2) is 182 Å². The first-order chi connectivity index (χ1) is 23.8. The van der Waals surface area contributed by atoms with Crippen molar-refractivity contribution >= 4 is 77.5 Å². The van der Waals surface area contributed by atoms with Gasteiger partial charge in [0.25, 0.3) is 0 Å². The third-order valence-electron chi connectivity index (χ3n) is 9.05. The standard InChI is InChI=1S/C44H30N4/c1-5-13-33(14-6-1)47(34-15-7-2-8-16-34)37-23-25-39-31(29-37)21-27-41-43(39)44-40-26-24-38(30-32(40)22-28-42(44)46-45-41)48(35-17-9-3-10-18-35)36-19-11-4-12-20-36/h1-30H. The molecule has 0 atom stereocenters. The van der Waals surface area contributed by atoms with Crippen LogP contribution in [0.25, 0.3) is 43.4 Å². The van der Waals surface area contributed by atoms with Crippen LogP contribution in [0.2, 0.25) is 0 Å². The van der Waals surface area contributed by atoms with Crippen LogP contribution in [0.1, 0.15) is 0 Å². The maximum absolute atomic E-state index is 4.68. The molecule has 0 aliphatic rings. The van der Waals surface area contributed by atoms with E-state index in [9.17, 15) is 0 Å². The number of aromatic nitrogens is 2. The van der Waals surface area contributed by atoms with Crippen molar-refractivity contribution in [3.8, 4) is 0 Å².